The minimum atomic E-state index is -0.261. The first kappa shape index (κ1) is 12.9. The van der Waals surface area contributed by atoms with Crippen LogP contribution in [0.4, 0.5) is 10.5 Å². The Morgan fingerprint density at radius 1 is 1.47 bits per heavy atom. The molecule has 0 aliphatic rings. The molecular formula is C12H15N5O2. The first-order valence-corrected chi connectivity index (χ1v) is 5.70. The van der Waals surface area contributed by atoms with Crippen molar-refractivity contribution >= 4 is 11.7 Å². The molecule has 0 aliphatic carbocycles. The van der Waals surface area contributed by atoms with Gasteiger partial charge in [0.15, 0.2) is 0 Å². The quantitative estimate of drug-likeness (QED) is 0.873. The number of H-pyrrole nitrogens is 1. The number of pyridine rings is 1. The SMILES string of the molecule is COc1ncccc1NC(=O)N(C)Cc1ncc[nH]1. The highest BCUT2D eigenvalue weighted by atomic mass is 16.5. The predicted molar refractivity (Wildman–Crippen MR) is 69.9 cm³/mol. The van der Waals surface area contributed by atoms with Crippen molar-refractivity contribution in [1.82, 2.24) is 19.9 Å². The minimum absolute atomic E-state index is 0.261. The number of ether oxygens (including phenoxy) is 1. The molecule has 0 aromatic carbocycles. The van der Waals surface area contributed by atoms with Gasteiger partial charge in [0, 0.05) is 25.6 Å². The van der Waals surface area contributed by atoms with E-state index >= 15 is 0 Å². The number of carbonyl (C=O) groups excluding carboxylic acids is 1. The lowest BCUT2D eigenvalue weighted by atomic mass is 10.4. The van der Waals surface area contributed by atoms with Crippen molar-refractivity contribution in [3.8, 4) is 5.88 Å². The largest absolute Gasteiger partial charge is 0.480 e. The number of nitrogens with one attached hydrogen (secondary N) is 2. The summed E-state index contributed by atoms with van der Waals surface area (Å²) in [5.74, 6) is 1.10. The summed E-state index contributed by atoms with van der Waals surface area (Å²) in [4.78, 5) is 24.5. The molecule has 0 fully saturated rings. The van der Waals surface area contributed by atoms with E-state index in [4.69, 9.17) is 4.74 Å². The lowest BCUT2D eigenvalue weighted by Gasteiger charge is -2.17. The third-order valence-corrected chi connectivity index (χ3v) is 2.49. The molecule has 0 aliphatic heterocycles. The van der Waals surface area contributed by atoms with Crippen molar-refractivity contribution in [2.75, 3.05) is 19.5 Å². The Hall–Kier alpha value is -2.57. The van der Waals surface area contributed by atoms with Crippen LogP contribution in [0, 0.1) is 0 Å². The molecule has 0 bridgehead atoms. The normalized spacial score (nSPS) is 10.0. The molecule has 7 nitrogen and oxygen atoms in total. The van der Waals surface area contributed by atoms with Crippen molar-refractivity contribution in [3.63, 3.8) is 0 Å². The fourth-order valence-corrected chi connectivity index (χ4v) is 1.54. The van der Waals surface area contributed by atoms with E-state index in [1.807, 2.05) is 0 Å². The van der Waals surface area contributed by atoms with Gasteiger partial charge in [0.05, 0.1) is 13.7 Å². The maximum absolute atomic E-state index is 12.0. The van der Waals surface area contributed by atoms with Gasteiger partial charge in [-0.15, -0.1) is 0 Å². The average molecular weight is 261 g/mol. The van der Waals surface area contributed by atoms with E-state index in [0.29, 0.717) is 18.1 Å². The molecule has 7 heteroatoms. The van der Waals surface area contributed by atoms with Gasteiger partial charge in [-0.2, -0.15) is 0 Å². The van der Waals surface area contributed by atoms with Gasteiger partial charge in [-0.1, -0.05) is 0 Å². The van der Waals surface area contributed by atoms with E-state index in [0.717, 1.165) is 5.82 Å². The highest BCUT2D eigenvalue weighted by Gasteiger charge is 2.13. The standard InChI is InChI=1S/C12H15N5O2/c1-17(8-10-13-6-7-14-10)12(18)16-9-4-3-5-15-11(9)19-2/h3-7H,8H2,1-2H3,(H,13,14)(H,16,18). The number of methoxy groups -OCH3 is 1. The van der Waals surface area contributed by atoms with E-state index in [2.05, 4.69) is 20.3 Å². The number of amides is 2. The molecule has 19 heavy (non-hydrogen) atoms. The number of aromatic amines is 1. The van der Waals surface area contributed by atoms with Gasteiger partial charge in [0.2, 0.25) is 5.88 Å². The van der Waals surface area contributed by atoms with Crippen LogP contribution in [0.1, 0.15) is 5.82 Å². The van der Waals surface area contributed by atoms with Crippen LogP contribution in [0.5, 0.6) is 5.88 Å². The number of hydrogen-bond acceptors (Lipinski definition) is 4. The fourth-order valence-electron chi connectivity index (χ4n) is 1.54. The molecule has 0 saturated carbocycles. The summed E-state index contributed by atoms with van der Waals surface area (Å²) in [5.41, 5.74) is 0.529. The summed E-state index contributed by atoms with van der Waals surface area (Å²) in [7, 11) is 3.19. The first-order chi connectivity index (χ1) is 9.20. The van der Waals surface area contributed by atoms with E-state index < -0.39 is 0 Å². The maximum Gasteiger partial charge on any atom is 0.322 e. The first-order valence-electron chi connectivity index (χ1n) is 5.70. The Morgan fingerprint density at radius 2 is 2.32 bits per heavy atom. The van der Waals surface area contributed by atoms with E-state index in [9.17, 15) is 4.79 Å². The lowest BCUT2D eigenvalue weighted by Crippen LogP contribution is -2.31. The van der Waals surface area contributed by atoms with Crippen molar-refractivity contribution in [2.24, 2.45) is 0 Å². The lowest BCUT2D eigenvalue weighted by molar-refractivity contribution is 0.219. The molecule has 2 heterocycles. The van der Waals surface area contributed by atoms with Crippen LogP contribution in [0.25, 0.3) is 0 Å². The molecule has 2 aromatic rings. The second-order valence-corrected chi connectivity index (χ2v) is 3.88. The summed E-state index contributed by atoms with van der Waals surface area (Å²) in [6.07, 6.45) is 4.96. The van der Waals surface area contributed by atoms with Crippen molar-refractivity contribution in [1.29, 1.82) is 0 Å². The van der Waals surface area contributed by atoms with Gasteiger partial charge in [0.25, 0.3) is 0 Å². The van der Waals surface area contributed by atoms with Gasteiger partial charge in [-0.25, -0.2) is 14.8 Å². The zero-order valence-corrected chi connectivity index (χ0v) is 10.8. The minimum Gasteiger partial charge on any atom is -0.480 e. The van der Waals surface area contributed by atoms with Crippen LogP contribution >= 0.6 is 0 Å². The monoisotopic (exact) mass is 261 g/mol. The highest BCUT2D eigenvalue weighted by molar-refractivity contribution is 5.90. The summed E-state index contributed by atoms with van der Waals surface area (Å²) in [5, 5.41) is 2.73. The Labute approximate surface area is 110 Å². The number of nitrogens with zero attached hydrogens (tertiary/aromatic N) is 3. The van der Waals surface area contributed by atoms with Crippen LogP contribution in [0.2, 0.25) is 0 Å². The number of anilines is 1. The van der Waals surface area contributed by atoms with Crippen molar-refractivity contribution in [3.05, 3.63) is 36.5 Å². The molecule has 0 spiro atoms. The molecule has 2 aromatic heterocycles. The van der Waals surface area contributed by atoms with Crippen LogP contribution in [0.15, 0.2) is 30.7 Å². The zero-order valence-electron chi connectivity index (χ0n) is 10.8. The van der Waals surface area contributed by atoms with Crippen LogP contribution in [-0.2, 0) is 6.54 Å². The number of imidazole rings is 1. The summed E-state index contributed by atoms with van der Waals surface area (Å²) in [6, 6.07) is 3.19. The Kier molecular flexibility index (Phi) is 3.97. The number of carbonyl (C=O) groups is 1. The molecule has 2 rings (SSSR count). The second kappa shape index (κ2) is 5.85. The van der Waals surface area contributed by atoms with Crippen molar-refractivity contribution in [2.45, 2.75) is 6.54 Å². The third-order valence-electron chi connectivity index (χ3n) is 2.49. The number of urea groups is 1. The van der Waals surface area contributed by atoms with Crippen LogP contribution in [0.3, 0.4) is 0 Å². The molecule has 0 saturated heterocycles. The van der Waals surface area contributed by atoms with Gasteiger partial charge in [-0.05, 0) is 12.1 Å². The van der Waals surface area contributed by atoms with Gasteiger partial charge in [-0.3, -0.25) is 0 Å². The third kappa shape index (κ3) is 3.21. The maximum atomic E-state index is 12.0. The molecule has 2 amide bonds. The summed E-state index contributed by atoms with van der Waals surface area (Å²) < 4.78 is 5.07. The number of hydrogen-bond donors (Lipinski definition) is 2. The number of rotatable bonds is 4. The summed E-state index contributed by atoms with van der Waals surface area (Å²) >= 11 is 0. The van der Waals surface area contributed by atoms with Gasteiger partial charge >= 0.3 is 6.03 Å². The highest BCUT2D eigenvalue weighted by Crippen LogP contribution is 2.20. The zero-order chi connectivity index (χ0) is 13.7. The van der Waals surface area contributed by atoms with Gasteiger partial charge < -0.3 is 19.9 Å². The Morgan fingerprint density at radius 3 is 3.00 bits per heavy atom. The Bertz CT molecular complexity index is 541. The molecule has 0 unspecified atom stereocenters. The van der Waals surface area contributed by atoms with Crippen LogP contribution in [-0.4, -0.2) is 40.0 Å². The Balaban J connectivity index is 2.00. The average Bonchev–Trinajstić information content (AvgIpc) is 2.92. The van der Waals surface area contributed by atoms with E-state index in [-0.39, 0.29) is 6.03 Å². The smallest absolute Gasteiger partial charge is 0.322 e. The predicted octanol–water partition coefficient (Wildman–Crippen LogP) is 1.48. The molecule has 0 radical (unpaired) electrons. The number of aromatic nitrogens is 3. The van der Waals surface area contributed by atoms with Crippen molar-refractivity contribution < 1.29 is 9.53 Å². The molecular weight excluding hydrogens is 246 g/mol. The molecule has 0 atom stereocenters. The van der Waals surface area contributed by atoms with Gasteiger partial charge in [0.1, 0.15) is 11.5 Å². The summed E-state index contributed by atoms with van der Waals surface area (Å²) in [6.45, 7) is 0.390. The van der Waals surface area contributed by atoms with E-state index in [1.165, 1.54) is 12.0 Å². The van der Waals surface area contributed by atoms with Crippen LogP contribution < -0.4 is 10.1 Å². The fraction of sp³-hybridized carbons (Fsp3) is 0.250. The second-order valence-electron chi connectivity index (χ2n) is 3.88. The molecule has 100 valence electrons. The molecule has 2 N–H and O–H groups in total. The topological polar surface area (TPSA) is 83.1 Å². The van der Waals surface area contributed by atoms with E-state index in [1.54, 1.807) is 37.8 Å².